The molecule has 10 nitrogen and oxygen atoms in total. The van der Waals surface area contributed by atoms with Gasteiger partial charge in [-0.05, 0) is 19.8 Å². The van der Waals surface area contributed by atoms with E-state index in [9.17, 15) is 19.2 Å². The molecule has 10 heteroatoms. The largest absolute Gasteiger partial charge is 0.463 e. The van der Waals surface area contributed by atoms with E-state index in [-0.39, 0.29) is 36.8 Å². The SMILES string of the molecule is C=C1CC(C)(C(OC(C)=O)C(=O)CC(C)C2CC(OC(C)=O)C(C)(C)C(CC(COC(C)=O)OC)O2)OC(C)C1C. The highest BCUT2D eigenvalue weighted by Gasteiger charge is 2.51. The molecule has 0 saturated carbocycles. The summed E-state index contributed by atoms with van der Waals surface area (Å²) in [4.78, 5) is 49.2. The van der Waals surface area contributed by atoms with Crippen molar-refractivity contribution in [2.24, 2.45) is 17.3 Å². The third-order valence-electron chi connectivity index (χ3n) is 8.71. The average Bonchev–Trinajstić information content (AvgIpc) is 2.84. The maximum atomic E-state index is 13.8. The summed E-state index contributed by atoms with van der Waals surface area (Å²) in [6.07, 6.45) is -1.90. The van der Waals surface area contributed by atoms with E-state index < -0.39 is 59.4 Å². The van der Waals surface area contributed by atoms with Crippen LogP contribution < -0.4 is 0 Å². The van der Waals surface area contributed by atoms with E-state index in [2.05, 4.69) is 6.58 Å². The number of carbonyl (C=O) groups is 4. The van der Waals surface area contributed by atoms with Gasteiger partial charge >= 0.3 is 17.9 Å². The van der Waals surface area contributed by atoms with Crippen LogP contribution in [0, 0.1) is 17.3 Å². The van der Waals surface area contributed by atoms with Crippen molar-refractivity contribution in [1.29, 1.82) is 0 Å². The maximum Gasteiger partial charge on any atom is 0.303 e. The molecule has 0 radical (unpaired) electrons. The summed E-state index contributed by atoms with van der Waals surface area (Å²) in [6, 6.07) is 0. The van der Waals surface area contributed by atoms with Crippen LogP contribution in [0.3, 0.4) is 0 Å². The lowest BCUT2D eigenvalue weighted by atomic mass is 9.72. The Bertz CT molecular complexity index is 974. The highest BCUT2D eigenvalue weighted by atomic mass is 16.6. The molecule has 9 atom stereocenters. The van der Waals surface area contributed by atoms with Crippen molar-refractivity contribution < 1.29 is 47.6 Å². The predicted octanol–water partition coefficient (Wildman–Crippen LogP) is 4.36. The molecule has 2 aliphatic rings. The molecule has 2 rings (SSSR count). The zero-order chi connectivity index (χ0) is 31.3. The number of methoxy groups -OCH3 is 1. The Morgan fingerprint density at radius 3 is 2.20 bits per heavy atom. The zero-order valence-corrected chi connectivity index (χ0v) is 26.4. The van der Waals surface area contributed by atoms with Gasteiger partial charge in [0.05, 0.1) is 24.4 Å². The van der Waals surface area contributed by atoms with Crippen LogP contribution in [0.4, 0.5) is 0 Å². The van der Waals surface area contributed by atoms with Gasteiger partial charge in [-0.3, -0.25) is 19.2 Å². The molecule has 41 heavy (non-hydrogen) atoms. The first-order chi connectivity index (χ1) is 18.9. The quantitative estimate of drug-likeness (QED) is 0.186. The minimum Gasteiger partial charge on any atom is -0.463 e. The fraction of sp³-hybridized carbons (Fsp3) is 0.806. The third kappa shape index (κ3) is 9.09. The van der Waals surface area contributed by atoms with E-state index in [0.717, 1.165) is 5.57 Å². The Morgan fingerprint density at radius 1 is 1.05 bits per heavy atom. The van der Waals surface area contributed by atoms with Gasteiger partial charge in [-0.15, -0.1) is 0 Å². The van der Waals surface area contributed by atoms with E-state index in [4.69, 9.17) is 28.4 Å². The van der Waals surface area contributed by atoms with Crippen molar-refractivity contribution in [2.45, 2.75) is 130 Å². The normalized spacial score (nSPS) is 31.9. The van der Waals surface area contributed by atoms with Gasteiger partial charge in [0.15, 0.2) is 11.9 Å². The predicted molar refractivity (Wildman–Crippen MR) is 151 cm³/mol. The van der Waals surface area contributed by atoms with Gasteiger partial charge in [0.1, 0.15) is 18.3 Å². The van der Waals surface area contributed by atoms with Crippen LogP contribution >= 0.6 is 0 Å². The smallest absolute Gasteiger partial charge is 0.303 e. The first-order valence-electron chi connectivity index (χ1n) is 14.4. The fourth-order valence-electron chi connectivity index (χ4n) is 5.89. The molecule has 234 valence electrons. The minimum atomic E-state index is -1.11. The first kappa shape index (κ1) is 34.9. The van der Waals surface area contributed by atoms with Crippen LogP contribution in [0.15, 0.2) is 12.2 Å². The van der Waals surface area contributed by atoms with Gasteiger partial charge in [0.25, 0.3) is 0 Å². The molecule has 0 N–H and O–H groups in total. The second-order valence-electron chi connectivity index (χ2n) is 12.6. The van der Waals surface area contributed by atoms with Crippen molar-refractivity contribution in [3.63, 3.8) is 0 Å². The van der Waals surface area contributed by atoms with Crippen molar-refractivity contribution in [2.75, 3.05) is 13.7 Å². The zero-order valence-electron chi connectivity index (χ0n) is 26.4. The molecule has 2 heterocycles. The summed E-state index contributed by atoms with van der Waals surface area (Å²) in [6.45, 7) is 19.8. The van der Waals surface area contributed by atoms with Crippen LogP contribution in [0.1, 0.15) is 88.0 Å². The number of ketones is 1. The van der Waals surface area contributed by atoms with Gasteiger partial charge in [-0.25, -0.2) is 0 Å². The van der Waals surface area contributed by atoms with Gasteiger partial charge in [0.2, 0.25) is 0 Å². The number of hydrogen-bond acceptors (Lipinski definition) is 10. The molecule has 2 fully saturated rings. The summed E-state index contributed by atoms with van der Waals surface area (Å²) in [7, 11) is 1.53. The average molecular weight is 583 g/mol. The number of esters is 3. The monoisotopic (exact) mass is 582 g/mol. The van der Waals surface area contributed by atoms with Crippen LogP contribution in [-0.4, -0.2) is 79.6 Å². The second-order valence-corrected chi connectivity index (χ2v) is 12.6. The van der Waals surface area contributed by atoms with E-state index in [1.165, 1.54) is 27.9 Å². The highest BCUT2D eigenvalue weighted by molar-refractivity contribution is 5.87. The minimum absolute atomic E-state index is 0.0546. The molecule has 0 aromatic rings. The Kier molecular flexibility index (Phi) is 12.1. The Hall–Kier alpha value is -2.30. The van der Waals surface area contributed by atoms with Crippen molar-refractivity contribution in [1.82, 2.24) is 0 Å². The Balaban J connectivity index is 2.28. The van der Waals surface area contributed by atoms with Gasteiger partial charge in [-0.2, -0.15) is 0 Å². The Labute approximate surface area is 244 Å². The van der Waals surface area contributed by atoms with E-state index in [1.807, 2.05) is 34.6 Å². The number of ether oxygens (including phenoxy) is 6. The lowest BCUT2D eigenvalue weighted by Gasteiger charge is -2.49. The van der Waals surface area contributed by atoms with Gasteiger partial charge < -0.3 is 28.4 Å². The lowest BCUT2D eigenvalue weighted by molar-refractivity contribution is -0.213. The Morgan fingerprint density at radius 2 is 1.68 bits per heavy atom. The van der Waals surface area contributed by atoms with Crippen LogP contribution in [-0.2, 0) is 47.6 Å². The molecule has 0 amide bonds. The van der Waals surface area contributed by atoms with Crippen molar-refractivity contribution >= 4 is 23.7 Å². The molecular weight excluding hydrogens is 532 g/mol. The molecular formula is C31H50O10. The van der Waals surface area contributed by atoms with Crippen LogP contribution in [0.5, 0.6) is 0 Å². The van der Waals surface area contributed by atoms with E-state index >= 15 is 0 Å². The van der Waals surface area contributed by atoms with Gasteiger partial charge in [0, 0.05) is 64.9 Å². The summed E-state index contributed by atoms with van der Waals surface area (Å²) < 4.78 is 34.9. The standard InChI is InChI=1S/C31H50O10/c1-17(12-25(35)29(39-23(7)34)31(10)15-18(2)19(3)20(4)41-31)26-14-28(38-22(6)33)30(8,9)27(40-26)13-24(36-11)16-37-21(5)32/h17,19-20,24,26-29H,2,12-16H2,1,3-11H3. The molecule has 2 aliphatic heterocycles. The first-order valence-corrected chi connectivity index (χ1v) is 14.4. The molecule has 0 bridgehead atoms. The van der Waals surface area contributed by atoms with E-state index in [0.29, 0.717) is 19.3 Å². The number of carbonyl (C=O) groups excluding carboxylic acids is 4. The summed E-state index contributed by atoms with van der Waals surface area (Å²) in [5.74, 6) is -1.86. The molecule has 0 aromatic carbocycles. The van der Waals surface area contributed by atoms with Crippen molar-refractivity contribution in [3.8, 4) is 0 Å². The number of hydrogen-bond donors (Lipinski definition) is 0. The molecule has 9 unspecified atom stereocenters. The van der Waals surface area contributed by atoms with Crippen LogP contribution in [0.25, 0.3) is 0 Å². The second kappa shape index (κ2) is 14.2. The summed E-state index contributed by atoms with van der Waals surface area (Å²) >= 11 is 0. The lowest BCUT2D eigenvalue weighted by Crippen LogP contribution is -2.56. The summed E-state index contributed by atoms with van der Waals surface area (Å²) in [5, 5.41) is 0. The van der Waals surface area contributed by atoms with E-state index in [1.54, 1.807) is 6.92 Å². The van der Waals surface area contributed by atoms with Crippen LogP contribution in [0.2, 0.25) is 0 Å². The fourth-order valence-corrected chi connectivity index (χ4v) is 5.89. The topological polar surface area (TPSA) is 124 Å². The molecule has 0 aromatic heterocycles. The van der Waals surface area contributed by atoms with Gasteiger partial charge in [-0.1, -0.05) is 39.8 Å². The molecule has 0 aliphatic carbocycles. The number of rotatable bonds is 12. The molecule has 0 spiro atoms. The number of Topliss-reactive ketones (excluding diaryl/α,β-unsaturated/α-hetero) is 1. The molecule has 2 saturated heterocycles. The maximum absolute atomic E-state index is 13.8. The van der Waals surface area contributed by atoms with Crippen molar-refractivity contribution in [3.05, 3.63) is 12.2 Å². The third-order valence-corrected chi connectivity index (χ3v) is 8.71. The highest BCUT2D eigenvalue weighted by Crippen LogP contribution is 2.44. The summed E-state index contributed by atoms with van der Waals surface area (Å²) in [5.41, 5.74) is -0.697.